The number of carbonyl (C=O) groups excluding carboxylic acids is 2. The highest BCUT2D eigenvalue weighted by molar-refractivity contribution is 5.96. The van der Waals surface area contributed by atoms with E-state index in [1.54, 1.807) is 24.3 Å². The fourth-order valence-electron chi connectivity index (χ4n) is 1.71. The molecule has 1 aliphatic carbocycles. The summed E-state index contributed by atoms with van der Waals surface area (Å²) in [5.41, 5.74) is 6.09. The summed E-state index contributed by atoms with van der Waals surface area (Å²) in [4.78, 5) is 23.3. The summed E-state index contributed by atoms with van der Waals surface area (Å²) in [5, 5.41) is 14.3. The van der Waals surface area contributed by atoms with Crippen LogP contribution in [0.1, 0.15) is 23.2 Å². The van der Waals surface area contributed by atoms with Crippen molar-refractivity contribution in [3.05, 3.63) is 29.8 Å². The summed E-state index contributed by atoms with van der Waals surface area (Å²) in [7, 11) is 0. The van der Waals surface area contributed by atoms with Crippen molar-refractivity contribution in [3.63, 3.8) is 0 Å². The second kappa shape index (κ2) is 5.27. The molecule has 1 aromatic rings. The Morgan fingerprint density at radius 1 is 1.26 bits per heavy atom. The van der Waals surface area contributed by atoms with Gasteiger partial charge < -0.3 is 21.5 Å². The number of nitrogen functional groups attached to an aromatic ring is 1. The Balaban J connectivity index is 1.80. The Morgan fingerprint density at radius 3 is 2.42 bits per heavy atom. The molecule has 1 saturated carbocycles. The third-order valence-corrected chi connectivity index (χ3v) is 3.14. The van der Waals surface area contributed by atoms with Crippen LogP contribution in [0.5, 0.6) is 0 Å². The van der Waals surface area contributed by atoms with Crippen molar-refractivity contribution in [3.8, 4) is 0 Å². The van der Waals surface area contributed by atoms with Gasteiger partial charge in [0.2, 0.25) is 5.91 Å². The number of nitrogens with two attached hydrogens (primary N) is 1. The van der Waals surface area contributed by atoms with Gasteiger partial charge in [-0.25, -0.2) is 0 Å². The molecule has 2 amide bonds. The van der Waals surface area contributed by atoms with Gasteiger partial charge in [0.25, 0.3) is 5.91 Å². The largest absolute Gasteiger partial charge is 0.399 e. The maximum Gasteiger partial charge on any atom is 0.251 e. The average Bonchev–Trinajstić information content (AvgIpc) is 3.17. The number of hydrogen-bond acceptors (Lipinski definition) is 4. The zero-order chi connectivity index (χ0) is 13.9. The molecule has 0 aromatic heterocycles. The second-order valence-corrected chi connectivity index (χ2v) is 4.79. The van der Waals surface area contributed by atoms with Crippen LogP contribution in [0.4, 0.5) is 5.69 Å². The summed E-state index contributed by atoms with van der Waals surface area (Å²) < 4.78 is 0. The number of nitrogens with one attached hydrogen (secondary N) is 2. The Bertz CT molecular complexity index is 480. The SMILES string of the molecule is Nc1ccc(C(=O)NCC(=O)NC2(CO)CC2)cc1. The standard InChI is InChI=1S/C13H17N3O3/c14-10-3-1-9(2-4-10)12(19)15-7-11(18)16-13(8-17)5-6-13/h1-4,17H,5-8,14H2,(H,15,19)(H,16,18). The fourth-order valence-corrected chi connectivity index (χ4v) is 1.71. The van der Waals surface area contributed by atoms with E-state index in [2.05, 4.69) is 10.6 Å². The number of amides is 2. The van der Waals surface area contributed by atoms with Crippen LogP contribution in [-0.4, -0.2) is 35.6 Å². The van der Waals surface area contributed by atoms with Crippen LogP contribution in [0.2, 0.25) is 0 Å². The highest BCUT2D eigenvalue weighted by Crippen LogP contribution is 2.34. The van der Waals surface area contributed by atoms with E-state index in [9.17, 15) is 9.59 Å². The van der Waals surface area contributed by atoms with E-state index >= 15 is 0 Å². The van der Waals surface area contributed by atoms with E-state index in [4.69, 9.17) is 10.8 Å². The average molecular weight is 263 g/mol. The van der Waals surface area contributed by atoms with E-state index in [0.717, 1.165) is 12.8 Å². The van der Waals surface area contributed by atoms with Crippen LogP contribution < -0.4 is 16.4 Å². The molecular weight excluding hydrogens is 246 g/mol. The van der Waals surface area contributed by atoms with Crippen molar-refractivity contribution < 1.29 is 14.7 Å². The lowest BCUT2D eigenvalue weighted by atomic mass is 10.2. The molecule has 0 atom stereocenters. The lowest BCUT2D eigenvalue weighted by Crippen LogP contribution is -2.45. The van der Waals surface area contributed by atoms with Gasteiger partial charge in [0.05, 0.1) is 18.7 Å². The molecule has 1 fully saturated rings. The first-order chi connectivity index (χ1) is 9.04. The lowest BCUT2D eigenvalue weighted by Gasteiger charge is -2.14. The molecule has 19 heavy (non-hydrogen) atoms. The lowest BCUT2D eigenvalue weighted by molar-refractivity contribution is -0.121. The van der Waals surface area contributed by atoms with Crippen molar-refractivity contribution >= 4 is 17.5 Å². The first-order valence-corrected chi connectivity index (χ1v) is 6.10. The number of aliphatic hydroxyl groups is 1. The summed E-state index contributed by atoms with van der Waals surface area (Å²) in [6.45, 7) is -0.171. The fraction of sp³-hybridized carbons (Fsp3) is 0.385. The first-order valence-electron chi connectivity index (χ1n) is 6.10. The number of anilines is 1. The zero-order valence-corrected chi connectivity index (χ0v) is 10.5. The molecule has 1 aliphatic rings. The van der Waals surface area contributed by atoms with Gasteiger partial charge in [0, 0.05) is 11.3 Å². The van der Waals surface area contributed by atoms with Crippen LogP contribution in [0, 0.1) is 0 Å². The summed E-state index contributed by atoms with van der Waals surface area (Å²) in [5.74, 6) is -0.626. The van der Waals surface area contributed by atoms with Gasteiger partial charge >= 0.3 is 0 Å². The van der Waals surface area contributed by atoms with Gasteiger partial charge in [0.1, 0.15) is 0 Å². The number of carbonyl (C=O) groups is 2. The van der Waals surface area contributed by atoms with Crippen LogP contribution in [0.25, 0.3) is 0 Å². The quantitative estimate of drug-likeness (QED) is 0.544. The monoisotopic (exact) mass is 263 g/mol. The molecule has 0 heterocycles. The molecule has 0 radical (unpaired) electrons. The Kier molecular flexibility index (Phi) is 3.71. The highest BCUT2D eigenvalue weighted by Gasteiger charge is 2.43. The summed E-state index contributed by atoms with van der Waals surface area (Å²) in [6.07, 6.45) is 1.56. The van der Waals surface area contributed by atoms with E-state index in [-0.39, 0.29) is 25.0 Å². The van der Waals surface area contributed by atoms with Gasteiger partial charge in [-0.2, -0.15) is 0 Å². The molecule has 102 valence electrons. The van der Waals surface area contributed by atoms with Crippen molar-refractivity contribution in [1.29, 1.82) is 0 Å². The molecule has 5 N–H and O–H groups in total. The molecule has 6 heteroatoms. The minimum atomic E-state index is -0.455. The Labute approximate surface area is 111 Å². The Morgan fingerprint density at radius 2 is 1.89 bits per heavy atom. The molecule has 0 spiro atoms. The molecule has 1 aromatic carbocycles. The molecule has 6 nitrogen and oxygen atoms in total. The molecule has 0 unspecified atom stereocenters. The minimum absolute atomic E-state index is 0.0648. The molecule has 2 rings (SSSR count). The maximum absolute atomic E-state index is 11.7. The number of hydrogen-bond donors (Lipinski definition) is 4. The van der Waals surface area contributed by atoms with Crippen molar-refractivity contribution in [2.75, 3.05) is 18.9 Å². The summed E-state index contributed by atoms with van der Waals surface area (Å²) >= 11 is 0. The van der Waals surface area contributed by atoms with Crippen LogP contribution in [-0.2, 0) is 4.79 Å². The van der Waals surface area contributed by atoms with Crippen LogP contribution in [0.15, 0.2) is 24.3 Å². The number of benzene rings is 1. The Hall–Kier alpha value is -2.08. The van der Waals surface area contributed by atoms with Crippen LogP contribution >= 0.6 is 0 Å². The second-order valence-electron chi connectivity index (χ2n) is 4.79. The molecule has 0 aliphatic heterocycles. The number of rotatable bonds is 5. The highest BCUT2D eigenvalue weighted by atomic mass is 16.3. The minimum Gasteiger partial charge on any atom is -0.399 e. The number of aliphatic hydroxyl groups excluding tert-OH is 1. The molecule has 0 saturated heterocycles. The van der Waals surface area contributed by atoms with Gasteiger partial charge in [0.15, 0.2) is 0 Å². The third-order valence-electron chi connectivity index (χ3n) is 3.14. The van der Waals surface area contributed by atoms with E-state index in [1.165, 1.54) is 0 Å². The van der Waals surface area contributed by atoms with Crippen LogP contribution in [0.3, 0.4) is 0 Å². The topological polar surface area (TPSA) is 104 Å². The van der Waals surface area contributed by atoms with E-state index in [0.29, 0.717) is 11.3 Å². The van der Waals surface area contributed by atoms with Crippen molar-refractivity contribution in [2.45, 2.75) is 18.4 Å². The molecular formula is C13H17N3O3. The van der Waals surface area contributed by atoms with E-state index < -0.39 is 5.54 Å². The van der Waals surface area contributed by atoms with Gasteiger partial charge in [-0.3, -0.25) is 9.59 Å². The van der Waals surface area contributed by atoms with Gasteiger partial charge in [-0.15, -0.1) is 0 Å². The summed E-state index contributed by atoms with van der Waals surface area (Å²) in [6, 6.07) is 6.44. The smallest absolute Gasteiger partial charge is 0.251 e. The maximum atomic E-state index is 11.7. The zero-order valence-electron chi connectivity index (χ0n) is 10.5. The first kappa shape index (κ1) is 13.4. The van der Waals surface area contributed by atoms with Crippen molar-refractivity contribution in [1.82, 2.24) is 10.6 Å². The predicted molar refractivity (Wildman–Crippen MR) is 70.4 cm³/mol. The van der Waals surface area contributed by atoms with E-state index in [1.807, 2.05) is 0 Å². The normalized spacial score (nSPS) is 15.6. The van der Waals surface area contributed by atoms with Gasteiger partial charge in [-0.1, -0.05) is 0 Å². The molecule has 0 bridgehead atoms. The predicted octanol–water partition coefficient (Wildman–Crippen LogP) is -0.360. The third kappa shape index (κ3) is 3.45. The van der Waals surface area contributed by atoms with Gasteiger partial charge in [-0.05, 0) is 37.1 Å². The van der Waals surface area contributed by atoms with Crippen molar-refractivity contribution in [2.24, 2.45) is 0 Å².